The molecule has 11 heavy (non-hydrogen) atoms. The van der Waals surface area contributed by atoms with Gasteiger partial charge in [0.05, 0.1) is 28.6 Å². The molecule has 5 nitrogen and oxygen atoms in total. The molecule has 0 aliphatic rings. The Hall–Kier alpha value is -0.170. The summed E-state index contributed by atoms with van der Waals surface area (Å²) in [5, 5.41) is 8.81. The monoisotopic (exact) mass is 183 g/mol. The molecule has 6 heteroatoms. The fourth-order valence-corrected chi connectivity index (χ4v) is 1.11. The minimum atomic E-state index is -4.33. The van der Waals surface area contributed by atoms with E-state index >= 15 is 0 Å². The van der Waals surface area contributed by atoms with Crippen LogP contribution < -0.4 is 0 Å². The Labute approximate surface area is 65.7 Å². The third kappa shape index (κ3) is 7.73. The second kappa shape index (κ2) is 4.66. The molecule has 0 aromatic rings. The average molecular weight is 183 g/mol. The summed E-state index contributed by atoms with van der Waals surface area (Å²) in [5.41, 5.74) is 0. The summed E-state index contributed by atoms with van der Waals surface area (Å²) in [7, 11) is -4.33. The predicted molar refractivity (Wildman–Crippen MR) is 37.1 cm³/mol. The van der Waals surface area contributed by atoms with Gasteiger partial charge in [0.1, 0.15) is 0 Å². The number of aliphatic hydroxyl groups is 1. The van der Waals surface area contributed by atoms with Crippen LogP contribution in [0.2, 0.25) is 0 Å². The molecule has 0 saturated carbocycles. The first-order chi connectivity index (χ1) is 4.95. The van der Waals surface area contributed by atoms with E-state index in [9.17, 15) is 13.0 Å². The first-order valence-corrected chi connectivity index (χ1v) is 4.73. The standard InChI is InChI=1S/C5H12O5S/c1-2-10-3-5(6)4-11(7,8)9/h5-6H,2-4H2,1H3,(H,7,8,9)/p-1. The van der Waals surface area contributed by atoms with Gasteiger partial charge in [0.25, 0.3) is 0 Å². The molecule has 0 aromatic carbocycles. The van der Waals surface area contributed by atoms with Crippen molar-refractivity contribution in [3.8, 4) is 0 Å². The van der Waals surface area contributed by atoms with Crippen LogP contribution in [-0.2, 0) is 14.9 Å². The smallest absolute Gasteiger partial charge is 0.0972 e. The zero-order valence-electron chi connectivity index (χ0n) is 6.19. The van der Waals surface area contributed by atoms with E-state index < -0.39 is 22.0 Å². The van der Waals surface area contributed by atoms with E-state index in [1.54, 1.807) is 6.92 Å². The Morgan fingerprint density at radius 3 is 2.55 bits per heavy atom. The Kier molecular flexibility index (Phi) is 4.58. The molecular weight excluding hydrogens is 172 g/mol. The van der Waals surface area contributed by atoms with E-state index in [2.05, 4.69) is 4.74 Å². The van der Waals surface area contributed by atoms with E-state index in [1.165, 1.54) is 0 Å². The maximum atomic E-state index is 10.0. The molecule has 0 amide bonds. The van der Waals surface area contributed by atoms with Crippen molar-refractivity contribution >= 4 is 10.1 Å². The molecule has 0 bridgehead atoms. The normalized spacial score (nSPS) is 14.8. The van der Waals surface area contributed by atoms with Crippen LogP contribution in [0.3, 0.4) is 0 Å². The van der Waals surface area contributed by atoms with Crippen molar-refractivity contribution in [2.24, 2.45) is 0 Å². The lowest BCUT2D eigenvalue weighted by molar-refractivity contribution is 0.0534. The van der Waals surface area contributed by atoms with Crippen LogP contribution in [-0.4, -0.2) is 43.1 Å². The first-order valence-electron chi connectivity index (χ1n) is 3.15. The summed E-state index contributed by atoms with van der Waals surface area (Å²) in [5.74, 6) is -0.785. The van der Waals surface area contributed by atoms with Gasteiger partial charge in [0.15, 0.2) is 0 Å². The van der Waals surface area contributed by atoms with Gasteiger partial charge in [-0.15, -0.1) is 0 Å². The van der Waals surface area contributed by atoms with Crippen LogP contribution in [0, 0.1) is 0 Å². The molecule has 0 saturated heterocycles. The number of hydrogen-bond donors (Lipinski definition) is 1. The molecule has 68 valence electrons. The Morgan fingerprint density at radius 1 is 1.64 bits per heavy atom. The second-order valence-electron chi connectivity index (χ2n) is 2.04. The van der Waals surface area contributed by atoms with Gasteiger partial charge in [0.2, 0.25) is 0 Å². The SMILES string of the molecule is CCOCC(O)CS(=O)(=O)[O-]. The molecule has 0 spiro atoms. The number of hydrogen-bond acceptors (Lipinski definition) is 5. The molecule has 0 aromatic heterocycles. The summed E-state index contributed by atoms with van der Waals surface area (Å²) in [4.78, 5) is 0. The lowest BCUT2D eigenvalue weighted by Crippen LogP contribution is -2.25. The van der Waals surface area contributed by atoms with Crippen LogP contribution in [0.15, 0.2) is 0 Å². The number of rotatable bonds is 5. The maximum absolute atomic E-state index is 10.0. The van der Waals surface area contributed by atoms with Crippen molar-refractivity contribution in [1.82, 2.24) is 0 Å². The fourth-order valence-electron chi connectivity index (χ4n) is 0.538. The zero-order valence-corrected chi connectivity index (χ0v) is 7.00. The van der Waals surface area contributed by atoms with Crippen molar-refractivity contribution in [3.63, 3.8) is 0 Å². The van der Waals surface area contributed by atoms with E-state index in [4.69, 9.17) is 5.11 Å². The van der Waals surface area contributed by atoms with Crippen molar-refractivity contribution in [2.45, 2.75) is 13.0 Å². The van der Waals surface area contributed by atoms with Crippen LogP contribution in [0.5, 0.6) is 0 Å². The summed E-state index contributed by atoms with van der Waals surface area (Å²) in [6.45, 7) is 1.98. The highest BCUT2D eigenvalue weighted by atomic mass is 32.2. The van der Waals surface area contributed by atoms with Crippen molar-refractivity contribution < 1.29 is 22.8 Å². The largest absolute Gasteiger partial charge is 0.748 e. The third-order valence-electron chi connectivity index (χ3n) is 0.911. The van der Waals surface area contributed by atoms with E-state index in [-0.39, 0.29) is 6.61 Å². The van der Waals surface area contributed by atoms with E-state index in [1.807, 2.05) is 0 Å². The van der Waals surface area contributed by atoms with Crippen molar-refractivity contribution in [2.75, 3.05) is 19.0 Å². The van der Waals surface area contributed by atoms with E-state index in [0.717, 1.165) is 0 Å². The van der Waals surface area contributed by atoms with Gasteiger partial charge >= 0.3 is 0 Å². The molecule has 1 atom stereocenters. The van der Waals surface area contributed by atoms with Gasteiger partial charge in [0, 0.05) is 6.61 Å². The Bertz CT molecular complexity index is 185. The highest BCUT2D eigenvalue weighted by Gasteiger charge is 2.07. The van der Waals surface area contributed by atoms with Gasteiger partial charge in [-0.2, -0.15) is 0 Å². The average Bonchev–Trinajstić information content (AvgIpc) is 1.79. The summed E-state index contributed by atoms with van der Waals surface area (Å²) >= 11 is 0. The lowest BCUT2D eigenvalue weighted by Gasteiger charge is -2.12. The summed E-state index contributed by atoms with van der Waals surface area (Å²) < 4.78 is 34.8. The highest BCUT2D eigenvalue weighted by molar-refractivity contribution is 7.85. The highest BCUT2D eigenvalue weighted by Crippen LogP contribution is 1.90. The Balaban J connectivity index is 3.61. The first kappa shape index (κ1) is 10.8. The van der Waals surface area contributed by atoms with Gasteiger partial charge < -0.3 is 14.4 Å². The molecule has 0 fully saturated rings. The van der Waals surface area contributed by atoms with Gasteiger partial charge in [-0.3, -0.25) is 0 Å². The molecule has 1 unspecified atom stereocenters. The van der Waals surface area contributed by atoms with Gasteiger partial charge in [-0.05, 0) is 6.92 Å². The minimum Gasteiger partial charge on any atom is -0.748 e. The van der Waals surface area contributed by atoms with Crippen molar-refractivity contribution in [1.29, 1.82) is 0 Å². The topological polar surface area (TPSA) is 86.7 Å². The molecule has 0 aliphatic carbocycles. The molecule has 0 radical (unpaired) electrons. The minimum absolute atomic E-state index is 0.113. The molecule has 0 heterocycles. The van der Waals surface area contributed by atoms with Crippen molar-refractivity contribution in [3.05, 3.63) is 0 Å². The van der Waals surface area contributed by atoms with Gasteiger partial charge in [-0.25, -0.2) is 8.42 Å². The molecule has 0 aliphatic heterocycles. The zero-order chi connectivity index (χ0) is 8.91. The van der Waals surface area contributed by atoms with Gasteiger partial charge in [-0.1, -0.05) is 0 Å². The van der Waals surface area contributed by atoms with Crippen LogP contribution >= 0.6 is 0 Å². The second-order valence-corrected chi connectivity index (χ2v) is 3.49. The molecular formula is C5H11O5S-. The number of aliphatic hydroxyl groups excluding tert-OH is 1. The maximum Gasteiger partial charge on any atom is 0.0972 e. The van der Waals surface area contributed by atoms with Crippen LogP contribution in [0.25, 0.3) is 0 Å². The number of ether oxygens (including phenoxy) is 1. The van der Waals surface area contributed by atoms with E-state index in [0.29, 0.717) is 6.61 Å². The molecule has 1 N–H and O–H groups in total. The van der Waals surface area contributed by atoms with Crippen LogP contribution in [0.4, 0.5) is 0 Å². The molecule has 0 rings (SSSR count). The lowest BCUT2D eigenvalue weighted by atomic mass is 10.4. The predicted octanol–water partition coefficient (Wildman–Crippen LogP) is -1.07. The third-order valence-corrected chi connectivity index (χ3v) is 1.70. The quantitative estimate of drug-likeness (QED) is 0.548. The Morgan fingerprint density at radius 2 is 2.18 bits per heavy atom. The fraction of sp³-hybridized carbons (Fsp3) is 1.00. The summed E-state index contributed by atoms with van der Waals surface area (Å²) in [6, 6.07) is 0. The van der Waals surface area contributed by atoms with Crippen LogP contribution in [0.1, 0.15) is 6.92 Å². The summed E-state index contributed by atoms with van der Waals surface area (Å²) in [6.07, 6.45) is -1.21.